The number of fused-ring (bicyclic) bond motifs is 1. The Labute approximate surface area is 185 Å². The Bertz CT molecular complexity index is 1270. The van der Waals surface area contributed by atoms with Gasteiger partial charge < -0.3 is 20.5 Å². The van der Waals surface area contributed by atoms with Crippen LogP contribution in [0.25, 0.3) is 10.9 Å². The maximum absolute atomic E-state index is 13.2. The monoisotopic (exact) mass is 428 g/mol. The molecule has 0 unspecified atom stereocenters. The molecule has 3 amide bonds. The maximum Gasteiger partial charge on any atom is 0.320 e. The summed E-state index contributed by atoms with van der Waals surface area (Å²) in [5.41, 5.74) is 3.41. The summed E-state index contributed by atoms with van der Waals surface area (Å²) in [6.07, 6.45) is 3.40. The van der Waals surface area contributed by atoms with E-state index >= 15 is 0 Å². The summed E-state index contributed by atoms with van der Waals surface area (Å²) in [6, 6.07) is 18.5. The van der Waals surface area contributed by atoms with Crippen LogP contribution in [0.15, 0.2) is 73.1 Å². The van der Waals surface area contributed by atoms with Crippen LogP contribution in [0, 0.1) is 0 Å². The molecule has 0 aliphatic carbocycles. The van der Waals surface area contributed by atoms with Gasteiger partial charge >= 0.3 is 6.03 Å². The molecule has 162 valence electrons. The number of carbonyl (C=O) groups is 2. The van der Waals surface area contributed by atoms with E-state index in [0.29, 0.717) is 29.3 Å². The molecule has 0 aliphatic rings. The molecule has 0 bridgehead atoms. The lowest BCUT2D eigenvalue weighted by Gasteiger charge is -2.14. The summed E-state index contributed by atoms with van der Waals surface area (Å²) in [4.78, 5) is 29.4. The highest BCUT2D eigenvalue weighted by molar-refractivity contribution is 6.12. The van der Waals surface area contributed by atoms with Crippen molar-refractivity contribution in [1.82, 2.24) is 14.9 Å². The van der Waals surface area contributed by atoms with Crippen molar-refractivity contribution in [2.24, 2.45) is 7.05 Å². The van der Waals surface area contributed by atoms with Gasteiger partial charge in [-0.25, -0.2) is 9.78 Å². The Morgan fingerprint density at radius 3 is 2.56 bits per heavy atom. The summed E-state index contributed by atoms with van der Waals surface area (Å²) >= 11 is 0. The van der Waals surface area contributed by atoms with Crippen molar-refractivity contribution in [1.29, 1.82) is 0 Å². The second-order valence-corrected chi connectivity index (χ2v) is 7.21. The molecule has 32 heavy (non-hydrogen) atoms. The number of para-hydroxylation sites is 1. The molecular formula is C24H24N6O2. The van der Waals surface area contributed by atoms with Crippen LogP contribution in [0.3, 0.4) is 0 Å². The van der Waals surface area contributed by atoms with E-state index in [0.717, 1.165) is 16.6 Å². The predicted octanol–water partition coefficient (Wildman–Crippen LogP) is 4.71. The first kappa shape index (κ1) is 20.9. The number of carbonyl (C=O) groups excluding carboxylic acids is 2. The fourth-order valence-corrected chi connectivity index (χ4v) is 3.41. The quantitative estimate of drug-likeness (QED) is 0.357. The number of nitrogens with one attached hydrogen (secondary N) is 4. The van der Waals surface area contributed by atoms with Crippen molar-refractivity contribution in [2.45, 2.75) is 6.92 Å². The number of anilines is 4. The van der Waals surface area contributed by atoms with E-state index in [2.05, 4.69) is 26.3 Å². The summed E-state index contributed by atoms with van der Waals surface area (Å²) in [5, 5.41) is 12.5. The highest BCUT2D eigenvalue weighted by Crippen LogP contribution is 2.27. The van der Waals surface area contributed by atoms with Crippen LogP contribution in [0.2, 0.25) is 0 Å². The standard InChI is InChI=1S/C24H24N6O2/c1-3-25-24(32)29-22-14-20(27-16-8-5-4-6-9-16)18(15-26-22)23(31)28-19-10-7-11-21-17(19)12-13-30(21)2/h4-15H,3H2,1-2H3,(H,28,31)(H3,25,26,27,29,32). The number of rotatable bonds is 6. The largest absolute Gasteiger partial charge is 0.355 e. The number of amides is 3. The number of pyridine rings is 1. The zero-order valence-corrected chi connectivity index (χ0v) is 17.8. The van der Waals surface area contributed by atoms with Crippen molar-refractivity contribution in [3.63, 3.8) is 0 Å². The highest BCUT2D eigenvalue weighted by atomic mass is 16.2. The van der Waals surface area contributed by atoms with Crippen LogP contribution in [-0.4, -0.2) is 28.0 Å². The Kier molecular flexibility index (Phi) is 6.03. The number of aromatic nitrogens is 2. The third kappa shape index (κ3) is 4.54. The lowest BCUT2D eigenvalue weighted by molar-refractivity contribution is 0.102. The fraction of sp³-hybridized carbons (Fsp3) is 0.125. The highest BCUT2D eigenvalue weighted by Gasteiger charge is 2.16. The van der Waals surface area contributed by atoms with Crippen LogP contribution in [-0.2, 0) is 7.05 Å². The van der Waals surface area contributed by atoms with E-state index in [-0.39, 0.29) is 11.9 Å². The summed E-state index contributed by atoms with van der Waals surface area (Å²) in [7, 11) is 1.96. The molecule has 0 atom stereocenters. The molecule has 4 aromatic rings. The Hall–Kier alpha value is -4.33. The molecule has 2 heterocycles. The van der Waals surface area contributed by atoms with Crippen LogP contribution < -0.4 is 21.3 Å². The van der Waals surface area contributed by atoms with Crippen molar-refractivity contribution in [3.8, 4) is 0 Å². The van der Waals surface area contributed by atoms with E-state index in [4.69, 9.17) is 0 Å². The van der Waals surface area contributed by atoms with Gasteiger partial charge in [-0.05, 0) is 37.3 Å². The maximum atomic E-state index is 13.2. The topological polar surface area (TPSA) is 100 Å². The van der Waals surface area contributed by atoms with Crippen molar-refractivity contribution < 1.29 is 9.59 Å². The van der Waals surface area contributed by atoms with Crippen LogP contribution in [0.4, 0.5) is 27.7 Å². The molecule has 2 aromatic heterocycles. The molecule has 0 saturated heterocycles. The Balaban J connectivity index is 1.66. The zero-order chi connectivity index (χ0) is 22.5. The normalized spacial score (nSPS) is 10.6. The van der Waals surface area contributed by atoms with Gasteiger partial charge in [0.15, 0.2) is 0 Å². The molecule has 8 heteroatoms. The van der Waals surface area contributed by atoms with Crippen LogP contribution in [0.1, 0.15) is 17.3 Å². The average molecular weight is 428 g/mol. The Morgan fingerprint density at radius 2 is 1.78 bits per heavy atom. The molecule has 0 radical (unpaired) electrons. The first-order valence-corrected chi connectivity index (χ1v) is 10.3. The number of benzene rings is 2. The van der Waals surface area contributed by atoms with Gasteiger partial charge in [0.25, 0.3) is 5.91 Å². The van der Waals surface area contributed by atoms with Crippen LogP contribution >= 0.6 is 0 Å². The van der Waals surface area contributed by atoms with Crippen molar-refractivity contribution >= 4 is 45.7 Å². The van der Waals surface area contributed by atoms with Gasteiger partial charge in [-0.15, -0.1) is 0 Å². The minimum Gasteiger partial charge on any atom is -0.355 e. The molecule has 4 rings (SSSR count). The molecule has 0 fully saturated rings. The molecule has 0 aliphatic heterocycles. The molecule has 2 aromatic carbocycles. The lowest BCUT2D eigenvalue weighted by Crippen LogP contribution is -2.28. The molecular weight excluding hydrogens is 404 g/mol. The van der Waals surface area contributed by atoms with E-state index in [9.17, 15) is 9.59 Å². The van der Waals surface area contributed by atoms with Crippen LogP contribution in [0.5, 0.6) is 0 Å². The molecule has 0 spiro atoms. The Morgan fingerprint density at radius 1 is 0.969 bits per heavy atom. The van der Waals surface area contributed by atoms with Crippen molar-refractivity contribution in [3.05, 3.63) is 78.6 Å². The van der Waals surface area contributed by atoms with E-state index < -0.39 is 0 Å². The zero-order valence-electron chi connectivity index (χ0n) is 17.8. The SMILES string of the molecule is CCNC(=O)Nc1cc(Nc2ccccc2)c(C(=O)Nc2cccc3c2ccn3C)cn1. The summed E-state index contributed by atoms with van der Waals surface area (Å²) in [6.45, 7) is 2.32. The van der Waals surface area contributed by atoms with Gasteiger partial charge in [-0.2, -0.15) is 0 Å². The van der Waals surface area contributed by atoms with Gasteiger partial charge in [0, 0.05) is 48.6 Å². The third-order valence-electron chi connectivity index (χ3n) is 4.96. The number of aryl methyl sites for hydroxylation is 1. The minimum absolute atomic E-state index is 0.308. The molecule has 8 nitrogen and oxygen atoms in total. The first-order chi connectivity index (χ1) is 15.5. The number of nitrogens with zero attached hydrogens (tertiary/aromatic N) is 2. The second-order valence-electron chi connectivity index (χ2n) is 7.21. The first-order valence-electron chi connectivity index (χ1n) is 10.3. The summed E-state index contributed by atoms with van der Waals surface area (Å²) < 4.78 is 2.00. The smallest absolute Gasteiger partial charge is 0.320 e. The van der Waals surface area contributed by atoms with Gasteiger partial charge in [-0.1, -0.05) is 24.3 Å². The van der Waals surface area contributed by atoms with Gasteiger partial charge in [-0.3, -0.25) is 10.1 Å². The minimum atomic E-state index is -0.362. The number of urea groups is 1. The fourth-order valence-electron chi connectivity index (χ4n) is 3.41. The van der Waals surface area contributed by atoms with Gasteiger partial charge in [0.05, 0.1) is 16.9 Å². The van der Waals surface area contributed by atoms with E-state index in [1.807, 2.05) is 79.3 Å². The predicted molar refractivity (Wildman–Crippen MR) is 128 cm³/mol. The summed E-state index contributed by atoms with van der Waals surface area (Å²) in [5.74, 6) is 0.0212. The molecule has 4 N–H and O–H groups in total. The van der Waals surface area contributed by atoms with Gasteiger partial charge in [0.1, 0.15) is 5.82 Å². The third-order valence-corrected chi connectivity index (χ3v) is 4.96. The number of hydrogen-bond donors (Lipinski definition) is 4. The number of hydrogen-bond acceptors (Lipinski definition) is 4. The van der Waals surface area contributed by atoms with E-state index in [1.54, 1.807) is 6.07 Å². The molecule has 0 saturated carbocycles. The van der Waals surface area contributed by atoms with Crippen molar-refractivity contribution in [2.75, 3.05) is 22.5 Å². The lowest BCUT2D eigenvalue weighted by atomic mass is 10.1. The second kappa shape index (κ2) is 9.22. The van der Waals surface area contributed by atoms with Gasteiger partial charge in [0.2, 0.25) is 0 Å². The van der Waals surface area contributed by atoms with E-state index in [1.165, 1.54) is 6.20 Å². The average Bonchev–Trinajstić information content (AvgIpc) is 3.17.